The highest BCUT2D eigenvalue weighted by Crippen LogP contribution is 2.31. The molecule has 240 valence electrons. The molecule has 1 saturated heterocycles. The molecule has 0 aliphatic carbocycles. The highest BCUT2D eigenvalue weighted by atomic mass is 16.5. The van der Waals surface area contributed by atoms with Crippen LogP contribution in [0.1, 0.15) is 70.9 Å². The summed E-state index contributed by atoms with van der Waals surface area (Å²) in [7, 11) is 1.69. The minimum atomic E-state index is 0.189. The standard InChI is InChI=1S/C39H51N3O3/c1-7-10-12-30(5)40-37-27-34(16-15-29(37)4)33-17-18-38(32(9-3)26-33)45-24-19-31(8-2)25-39(43)42-22-20-41(21-23-42)35-13-11-14-36(28-35)44-6/h11,13-19,26-28H,7-10,12,20-25H2,1-6H3. The maximum atomic E-state index is 13.2. The average Bonchev–Trinajstić information content (AvgIpc) is 3.07. The number of aliphatic imine (C=N–C) groups is 1. The zero-order valence-electron chi connectivity index (χ0n) is 28.2. The van der Waals surface area contributed by atoms with Gasteiger partial charge < -0.3 is 19.3 Å². The average molecular weight is 610 g/mol. The van der Waals surface area contributed by atoms with Crippen LogP contribution in [0, 0.1) is 6.92 Å². The molecule has 0 N–H and O–H groups in total. The summed E-state index contributed by atoms with van der Waals surface area (Å²) in [6.45, 7) is 14.3. The maximum Gasteiger partial charge on any atom is 0.226 e. The van der Waals surface area contributed by atoms with Crippen molar-refractivity contribution >= 4 is 23.0 Å². The first kappa shape index (κ1) is 33.8. The van der Waals surface area contributed by atoms with Crippen molar-refractivity contribution in [1.29, 1.82) is 0 Å². The summed E-state index contributed by atoms with van der Waals surface area (Å²) in [5.41, 5.74) is 9.19. The zero-order valence-corrected chi connectivity index (χ0v) is 28.2. The van der Waals surface area contributed by atoms with Crippen LogP contribution < -0.4 is 14.4 Å². The van der Waals surface area contributed by atoms with E-state index in [1.54, 1.807) is 7.11 Å². The van der Waals surface area contributed by atoms with E-state index >= 15 is 0 Å². The number of methoxy groups -OCH3 is 1. The van der Waals surface area contributed by atoms with Crippen molar-refractivity contribution in [3.8, 4) is 22.6 Å². The van der Waals surface area contributed by atoms with E-state index in [0.717, 1.165) is 73.9 Å². The summed E-state index contributed by atoms with van der Waals surface area (Å²) in [5.74, 6) is 1.94. The third-order valence-electron chi connectivity index (χ3n) is 8.68. The Morgan fingerprint density at radius 3 is 2.42 bits per heavy atom. The number of carbonyl (C=O) groups is 1. The smallest absolute Gasteiger partial charge is 0.226 e. The number of carbonyl (C=O) groups excluding carboxylic acids is 1. The summed E-state index contributed by atoms with van der Waals surface area (Å²) in [6.07, 6.45) is 7.62. The molecule has 1 aliphatic rings. The lowest BCUT2D eigenvalue weighted by Crippen LogP contribution is -2.48. The fraction of sp³-hybridized carbons (Fsp3) is 0.436. The Bertz CT molecular complexity index is 1480. The highest BCUT2D eigenvalue weighted by molar-refractivity contribution is 5.85. The Morgan fingerprint density at radius 2 is 1.71 bits per heavy atom. The second-order valence-electron chi connectivity index (χ2n) is 11.9. The molecule has 0 saturated carbocycles. The van der Waals surface area contributed by atoms with Crippen LogP contribution in [0.3, 0.4) is 0 Å². The maximum absolute atomic E-state index is 13.2. The number of unbranched alkanes of at least 4 members (excludes halogenated alkanes) is 1. The molecule has 0 spiro atoms. The number of piperazine rings is 1. The fourth-order valence-corrected chi connectivity index (χ4v) is 5.70. The largest absolute Gasteiger partial charge is 0.497 e. The number of amides is 1. The first-order valence-corrected chi connectivity index (χ1v) is 16.6. The predicted molar refractivity (Wildman–Crippen MR) is 189 cm³/mol. The van der Waals surface area contributed by atoms with E-state index in [-0.39, 0.29) is 5.91 Å². The van der Waals surface area contributed by atoms with E-state index in [1.807, 2.05) is 17.0 Å². The van der Waals surface area contributed by atoms with Gasteiger partial charge in [-0.1, -0.05) is 57.0 Å². The molecular weight excluding hydrogens is 558 g/mol. The van der Waals surface area contributed by atoms with Gasteiger partial charge >= 0.3 is 0 Å². The number of rotatable bonds is 14. The van der Waals surface area contributed by atoms with Gasteiger partial charge in [0, 0.05) is 50.1 Å². The molecule has 1 aliphatic heterocycles. The Kier molecular flexibility index (Phi) is 12.7. The molecule has 3 aromatic rings. The Labute approximate surface area is 270 Å². The fourth-order valence-electron chi connectivity index (χ4n) is 5.70. The van der Waals surface area contributed by atoms with Crippen LogP contribution in [0.5, 0.6) is 11.5 Å². The van der Waals surface area contributed by atoms with Gasteiger partial charge in [0.25, 0.3) is 0 Å². The van der Waals surface area contributed by atoms with E-state index in [9.17, 15) is 4.79 Å². The van der Waals surface area contributed by atoms with Gasteiger partial charge in [-0.2, -0.15) is 0 Å². The topological polar surface area (TPSA) is 54.4 Å². The Balaban J connectivity index is 1.34. The van der Waals surface area contributed by atoms with Gasteiger partial charge in [-0.25, -0.2) is 0 Å². The highest BCUT2D eigenvalue weighted by Gasteiger charge is 2.22. The van der Waals surface area contributed by atoms with Crippen LogP contribution in [-0.2, 0) is 11.2 Å². The van der Waals surface area contributed by atoms with Crippen LogP contribution in [0.15, 0.2) is 77.3 Å². The molecule has 0 atom stereocenters. The first-order valence-electron chi connectivity index (χ1n) is 16.6. The lowest BCUT2D eigenvalue weighted by Gasteiger charge is -2.36. The van der Waals surface area contributed by atoms with Crippen LogP contribution in [0.25, 0.3) is 11.1 Å². The van der Waals surface area contributed by atoms with Crippen molar-refractivity contribution in [1.82, 2.24) is 4.90 Å². The molecule has 3 aromatic carbocycles. The molecule has 0 bridgehead atoms. The minimum absolute atomic E-state index is 0.189. The van der Waals surface area contributed by atoms with Gasteiger partial charge in [-0.3, -0.25) is 9.79 Å². The molecule has 1 heterocycles. The van der Waals surface area contributed by atoms with Crippen LogP contribution in [0.2, 0.25) is 0 Å². The minimum Gasteiger partial charge on any atom is -0.497 e. The predicted octanol–water partition coefficient (Wildman–Crippen LogP) is 8.97. The molecule has 4 rings (SSSR count). The van der Waals surface area contributed by atoms with E-state index in [2.05, 4.69) is 94.1 Å². The van der Waals surface area contributed by atoms with Gasteiger partial charge in [0.15, 0.2) is 0 Å². The third kappa shape index (κ3) is 9.46. The van der Waals surface area contributed by atoms with Crippen LogP contribution in [0.4, 0.5) is 11.4 Å². The zero-order chi connectivity index (χ0) is 32.2. The number of benzene rings is 3. The molecule has 0 aromatic heterocycles. The van der Waals surface area contributed by atoms with Crippen molar-refractivity contribution in [2.75, 3.05) is 44.8 Å². The van der Waals surface area contributed by atoms with Gasteiger partial charge in [0.2, 0.25) is 5.91 Å². The summed E-state index contributed by atoms with van der Waals surface area (Å²) in [4.78, 5) is 22.4. The van der Waals surface area contributed by atoms with Crippen molar-refractivity contribution in [2.45, 2.75) is 73.1 Å². The van der Waals surface area contributed by atoms with E-state index in [4.69, 9.17) is 14.5 Å². The van der Waals surface area contributed by atoms with Crippen molar-refractivity contribution in [2.24, 2.45) is 4.99 Å². The lowest BCUT2D eigenvalue weighted by atomic mass is 9.99. The van der Waals surface area contributed by atoms with Crippen molar-refractivity contribution < 1.29 is 14.3 Å². The third-order valence-corrected chi connectivity index (χ3v) is 8.68. The molecular formula is C39H51N3O3. The van der Waals surface area contributed by atoms with E-state index < -0.39 is 0 Å². The van der Waals surface area contributed by atoms with Crippen molar-refractivity contribution in [3.63, 3.8) is 0 Å². The normalized spacial score (nSPS) is 14.1. The summed E-state index contributed by atoms with van der Waals surface area (Å²) in [5, 5.41) is 0. The number of ether oxygens (including phenoxy) is 2. The van der Waals surface area contributed by atoms with Gasteiger partial charge in [0.1, 0.15) is 18.1 Å². The summed E-state index contributed by atoms with van der Waals surface area (Å²) < 4.78 is 11.6. The molecule has 0 unspecified atom stereocenters. The quantitative estimate of drug-likeness (QED) is 0.135. The number of aryl methyl sites for hydroxylation is 2. The van der Waals surface area contributed by atoms with E-state index in [1.165, 1.54) is 40.8 Å². The number of nitrogens with zero attached hydrogens (tertiary/aromatic N) is 3. The molecule has 1 fully saturated rings. The van der Waals surface area contributed by atoms with Gasteiger partial charge in [0.05, 0.1) is 12.8 Å². The Morgan fingerprint density at radius 1 is 0.956 bits per heavy atom. The number of anilines is 1. The van der Waals surface area contributed by atoms with Crippen LogP contribution in [-0.4, -0.2) is 56.4 Å². The molecule has 0 radical (unpaired) electrons. The second kappa shape index (κ2) is 16.9. The van der Waals surface area contributed by atoms with Gasteiger partial charge in [-0.05, 0) is 98.2 Å². The Hall–Kier alpha value is -4.06. The summed E-state index contributed by atoms with van der Waals surface area (Å²) in [6, 6.07) is 21.1. The summed E-state index contributed by atoms with van der Waals surface area (Å²) >= 11 is 0. The first-order chi connectivity index (χ1) is 21.8. The number of hydrogen-bond donors (Lipinski definition) is 0. The molecule has 45 heavy (non-hydrogen) atoms. The van der Waals surface area contributed by atoms with Crippen LogP contribution >= 0.6 is 0 Å². The number of hydrogen-bond acceptors (Lipinski definition) is 5. The van der Waals surface area contributed by atoms with E-state index in [0.29, 0.717) is 13.0 Å². The monoisotopic (exact) mass is 609 g/mol. The van der Waals surface area contributed by atoms with Gasteiger partial charge in [-0.15, -0.1) is 0 Å². The molecule has 6 heteroatoms. The molecule has 6 nitrogen and oxygen atoms in total. The van der Waals surface area contributed by atoms with Crippen molar-refractivity contribution in [3.05, 3.63) is 83.4 Å². The molecule has 1 amide bonds. The SMILES string of the molecule is CCCCC(C)=Nc1cc(-c2ccc(OCC=C(CC)CC(=O)N3CCN(c4cccc(OC)c4)CC3)c(CC)c2)ccc1C. The second-order valence-corrected chi connectivity index (χ2v) is 11.9. The lowest BCUT2D eigenvalue weighted by molar-refractivity contribution is -0.130.